The Morgan fingerprint density at radius 3 is 2.78 bits per heavy atom. The number of nitrogens with one attached hydrogen (secondary N) is 1. The van der Waals surface area contributed by atoms with Crippen molar-refractivity contribution < 1.29 is 4.74 Å². The van der Waals surface area contributed by atoms with Crippen LogP contribution in [0.25, 0.3) is 10.8 Å². The Bertz CT molecular complexity index is 583. The minimum Gasteiger partial charge on any atom is -0.496 e. The van der Waals surface area contributed by atoms with Crippen LogP contribution in [0, 0.1) is 12.3 Å². The molecule has 0 radical (unpaired) electrons. The fraction of sp³-hybridized carbons (Fsp3) is 0.250. The second-order valence-electron chi connectivity index (χ2n) is 4.24. The van der Waals surface area contributed by atoms with Gasteiger partial charge in [0.05, 0.1) is 13.2 Å². The summed E-state index contributed by atoms with van der Waals surface area (Å²) in [6.07, 6.45) is 5.38. The molecule has 0 aromatic heterocycles. The van der Waals surface area contributed by atoms with E-state index in [1.54, 1.807) is 7.11 Å². The molecule has 2 rings (SSSR count). The topological polar surface area (TPSA) is 21.3 Å². The SMILES string of the molecule is C#CC(C)NCc1c(OC)ccc2ccccc12. The lowest BCUT2D eigenvalue weighted by Crippen LogP contribution is -2.23. The number of hydrogen-bond donors (Lipinski definition) is 1. The predicted molar refractivity (Wildman–Crippen MR) is 75.6 cm³/mol. The van der Waals surface area contributed by atoms with Gasteiger partial charge < -0.3 is 4.74 Å². The van der Waals surface area contributed by atoms with Crippen molar-refractivity contribution in [3.05, 3.63) is 42.0 Å². The van der Waals surface area contributed by atoms with Crippen LogP contribution in [0.4, 0.5) is 0 Å². The molecule has 0 bridgehead atoms. The first-order valence-corrected chi connectivity index (χ1v) is 6.00. The number of benzene rings is 2. The summed E-state index contributed by atoms with van der Waals surface area (Å²) in [5.41, 5.74) is 1.15. The van der Waals surface area contributed by atoms with E-state index in [1.165, 1.54) is 10.8 Å². The third-order valence-corrected chi connectivity index (χ3v) is 3.05. The summed E-state index contributed by atoms with van der Waals surface area (Å²) >= 11 is 0. The normalized spacial score (nSPS) is 12.1. The second kappa shape index (κ2) is 5.57. The van der Waals surface area contributed by atoms with Gasteiger partial charge in [0.2, 0.25) is 0 Å². The van der Waals surface area contributed by atoms with E-state index < -0.39 is 0 Å². The molecule has 2 aromatic rings. The first-order chi connectivity index (χ1) is 8.76. The summed E-state index contributed by atoms with van der Waals surface area (Å²) in [6.45, 7) is 2.67. The highest BCUT2D eigenvalue weighted by molar-refractivity contribution is 5.87. The summed E-state index contributed by atoms with van der Waals surface area (Å²) in [6, 6.07) is 12.4. The molecule has 2 heteroatoms. The van der Waals surface area contributed by atoms with E-state index in [4.69, 9.17) is 11.2 Å². The van der Waals surface area contributed by atoms with Crippen molar-refractivity contribution >= 4 is 10.8 Å². The maximum atomic E-state index is 5.43. The minimum absolute atomic E-state index is 0.0497. The molecule has 0 aliphatic heterocycles. The van der Waals surface area contributed by atoms with Crippen LogP contribution in [0.5, 0.6) is 5.75 Å². The van der Waals surface area contributed by atoms with E-state index in [-0.39, 0.29) is 6.04 Å². The maximum absolute atomic E-state index is 5.43. The molecule has 0 aliphatic carbocycles. The lowest BCUT2D eigenvalue weighted by atomic mass is 10.0. The average molecular weight is 239 g/mol. The first-order valence-electron chi connectivity index (χ1n) is 6.00. The van der Waals surface area contributed by atoms with Crippen LogP contribution in [0.2, 0.25) is 0 Å². The zero-order valence-corrected chi connectivity index (χ0v) is 10.7. The summed E-state index contributed by atoms with van der Waals surface area (Å²) in [5, 5.41) is 5.71. The quantitative estimate of drug-likeness (QED) is 0.828. The van der Waals surface area contributed by atoms with Crippen LogP contribution in [0.1, 0.15) is 12.5 Å². The van der Waals surface area contributed by atoms with E-state index in [0.717, 1.165) is 11.3 Å². The fourth-order valence-corrected chi connectivity index (χ4v) is 2.00. The molecule has 1 atom stereocenters. The average Bonchev–Trinajstić information content (AvgIpc) is 2.44. The van der Waals surface area contributed by atoms with E-state index in [2.05, 4.69) is 29.4 Å². The Labute approximate surface area is 108 Å². The number of fused-ring (bicyclic) bond motifs is 1. The summed E-state index contributed by atoms with van der Waals surface area (Å²) in [4.78, 5) is 0. The molecule has 1 unspecified atom stereocenters. The number of methoxy groups -OCH3 is 1. The van der Waals surface area contributed by atoms with Crippen LogP contribution >= 0.6 is 0 Å². The largest absolute Gasteiger partial charge is 0.496 e. The molecule has 0 amide bonds. The van der Waals surface area contributed by atoms with Gasteiger partial charge in [0.25, 0.3) is 0 Å². The van der Waals surface area contributed by atoms with Gasteiger partial charge in [-0.1, -0.05) is 36.3 Å². The molecule has 1 N–H and O–H groups in total. The Morgan fingerprint density at radius 1 is 1.28 bits per heavy atom. The van der Waals surface area contributed by atoms with Gasteiger partial charge in [-0.05, 0) is 23.8 Å². The van der Waals surface area contributed by atoms with Crippen LogP contribution in [-0.4, -0.2) is 13.2 Å². The Morgan fingerprint density at radius 2 is 2.06 bits per heavy atom. The third kappa shape index (κ3) is 2.47. The minimum atomic E-state index is 0.0497. The van der Waals surface area contributed by atoms with Gasteiger partial charge in [-0.2, -0.15) is 0 Å². The van der Waals surface area contributed by atoms with E-state index >= 15 is 0 Å². The van der Waals surface area contributed by atoms with E-state index in [9.17, 15) is 0 Å². The number of terminal acetylenes is 1. The van der Waals surface area contributed by atoms with Gasteiger partial charge in [-0.15, -0.1) is 6.42 Å². The molecule has 0 spiro atoms. The van der Waals surface area contributed by atoms with Gasteiger partial charge in [0, 0.05) is 12.1 Å². The molecule has 0 saturated carbocycles. The Hall–Kier alpha value is -1.98. The van der Waals surface area contributed by atoms with Crippen LogP contribution in [0.3, 0.4) is 0 Å². The van der Waals surface area contributed by atoms with Gasteiger partial charge in [-0.3, -0.25) is 5.32 Å². The Balaban J connectivity index is 2.42. The smallest absolute Gasteiger partial charge is 0.123 e. The maximum Gasteiger partial charge on any atom is 0.123 e. The van der Waals surface area contributed by atoms with Gasteiger partial charge in [-0.25, -0.2) is 0 Å². The number of hydrogen-bond acceptors (Lipinski definition) is 2. The van der Waals surface area contributed by atoms with Crippen LogP contribution in [-0.2, 0) is 6.54 Å². The molecule has 2 nitrogen and oxygen atoms in total. The van der Waals surface area contributed by atoms with E-state index in [1.807, 2.05) is 25.1 Å². The second-order valence-corrected chi connectivity index (χ2v) is 4.24. The lowest BCUT2D eigenvalue weighted by molar-refractivity contribution is 0.408. The first kappa shape index (κ1) is 12.5. The van der Waals surface area contributed by atoms with Crippen LogP contribution in [0.15, 0.2) is 36.4 Å². The monoisotopic (exact) mass is 239 g/mol. The van der Waals surface area contributed by atoms with E-state index in [0.29, 0.717) is 6.54 Å². The van der Waals surface area contributed by atoms with Gasteiger partial charge >= 0.3 is 0 Å². The number of ether oxygens (including phenoxy) is 1. The predicted octanol–water partition coefficient (Wildman–Crippen LogP) is 2.96. The third-order valence-electron chi connectivity index (χ3n) is 3.05. The van der Waals surface area contributed by atoms with Crippen molar-refractivity contribution in [2.24, 2.45) is 0 Å². The van der Waals surface area contributed by atoms with Crippen molar-refractivity contribution in [3.63, 3.8) is 0 Å². The standard InChI is InChI=1S/C16H17NO/c1-4-12(2)17-11-15-14-8-6-5-7-13(14)9-10-16(15)18-3/h1,5-10,12,17H,11H2,2-3H3. The summed E-state index contributed by atoms with van der Waals surface area (Å²) < 4.78 is 5.43. The zero-order chi connectivity index (χ0) is 13.0. The van der Waals surface area contributed by atoms with Crippen molar-refractivity contribution in [3.8, 4) is 18.1 Å². The highest BCUT2D eigenvalue weighted by atomic mass is 16.5. The lowest BCUT2D eigenvalue weighted by Gasteiger charge is -2.14. The number of rotatable bonds is 4. The molecular weight excluding hydrogens is 222 g/mol. The van der Waals surface area contributed by atoms with Crippen molar-refractivity contribution in [2.75, 3.05) is 7.11 Å². The zero-order valence-electron chi connectivity index (χ0n) is 10.7. The molecule has 0 aliphatic rings. The van der Waals surface area contributed by atoms with Gasteiger partial charge in [0.15, 0.2) is 0 Å². The molecule has 0 fully saturated rings. The van der Waals surface area contributed by atoms with Crippen LogP contribution < -0.4 is 10.1 Å². The molecule has 0 heterocycles. The van der Waals surface area contributed by atoms with Crippen molar-refractivity contribution in [1.82, 2.24) is 5.32 Å². The molecule has 18 heavy (non-hydrogen) atoms. The highest BCUT2D eigenvalue weighted by Crippen LogP contribution is 2.27. The fourth-order valence-electron chi connectivity index (χ4n) is 2.00. The summed E-state index contributed by atoms with van der Waals surface area (Å²) in [7, 11) is 1.69. The Kier molecular flexibility index (Phi) is 3.86. The molecule has 92 valence electrons. The molecule has 0 saturated heterocycles. The highest BCUT2D eigenvalue weighted by Gasteiger charge is 2.08. The van der Waals surface area contributed by atoms with Crippen molar-refractivity contribution in [1.29, 1.82) is 0 Å². The summed E-state index contributed by atoms with van der Waals surface area (Å²) in [5.74, 6) is 3.56. The molecular formula is C16H17NO. The van der Waals surface area contributed by atoms with Gasteiger partial charge in [0.1, 0.15) is 5.75 Å². The molecule has 2 aromatic carbocycles. The van der Waals surface area contributed by atoms with Crippen molar-refractivity contribution in [2.45, 2.75) is 19.5 Å².